The number of hydrogen-bond donors (Lipinski definition) is 10. The fourth-order valence-corrected chi connectivity index (χ4v) is 6.34. The Kier molecular flexibility index (Phi) is 9.30. The summed E-state index contributed by atoms with van der Waals surface area (Å²) in [5.41, 5.74) is -4.14. The van der Waals surface area contributed by atoms with Gasteiger partial charge in [-0.25, -0.2) is 0 Å². The number of hydrogen-bond acceptors (Lipinski definition) is 14. The fraction of sp³-hybridized carbons (Fsp3) is 0.818. The Hall–Kier alpha value is -1.68. The molecule has 0 bridgehead atoms. The minimum atomic E-state index is -2.07. The maximum Gasteiger partial charge on any atom is 0.260 e. The van der Waals surface area contributed by atoms with Crippen molar-refractivity contribution in [1.82, 2.24) is 20.4 Å². The van der Waals surface area contributed by atoms with Gasteiger partial charge < -0.3 is 61.0 Å². The number of nitrogens with one attached hydrogen (secondary N) is 2. The average molecular weight is 611 g/mol. The maximum absolute atomic E-state index is 13.2. The van der Waals surface area contributed by atoms with Crippen LogP contribution in [0, 0.1) is 0 Å². The van der Waals surface area contributed by atoms with E-state index in [1.165, 1.54) is 0 Å². The molecule has 10 N–H and O–H groups in total. The predicted octanol–water partition coefficient (Wildman–Crippen LogP) is -5.68. The van der Waals surface area contributed by atoms with Crippen LogP contribution in [-0.2, 0) is 19.1 Å². The van der Waals surface area contributed by atoms with Crippen LogP contribution in [0.1, 0.15) is 25.7 Å². The smallest absolute Gasteiger partial charge is 0.260 e. The lowest BCUT2D eigenvalue weighted by atomic mass is 9.80. The lowest BCUT2D eigenvalue weighted by Gasteiger charge is -2.45. The molecular weight excluding hydrogens is 576 g/mol. The first-order valence-corrected chi connectivity index (χ1v) is 13.6. The van der Waals surface area contributed by atoms with Gasteiger partial charge in [-0.3, -0.25) is 19.4 Å². The van der Waals surface area contributed by atoms with Crippen molar-refractivity contribution in [2.75, 3.05) is 26.3 Å². The molecule has 0 aromatic carbocycles. The quantitative estimate of drug-likeness (QED) is 0.0863. The SMILES string of the molecule is O=C1N(CCCCCCN2C(=O)[C@]3(NC2=S)[C@H](O)[C@@H](CO)O[C@@H](O)[C@@H]3O)C(=S)N[C@]12[C@H](O)[C@@H](CO)O[C@@H](O)[C@@H]2O. The average Bonchev–Trinajstić information content (AvgIpc) is 3.33. The van der Waals surface area contributed by atoms with E-state index in [0.717, 1.165) is 9.80 Å². The molecule has 226 valence electrons. The zero-order chi connectivity index (χ0) is 29.6. The number of nitrogens with zero attached hydrogens (tertiary/aromatic N) is 2. The molecule has 4 saturated heterocycles. The summed E-state index contributed by atoms with van der Waals surface area (Å²) in [5.74, 6) is -1.53. The molecule has 0 unspecified atom stereocenters. The lowest BCUT2D eigenvalue weighted by Crippen LogP contribution is -2.74. The largest absolute Gasteiger partial charge is 0.394 e. The summed E-state index contributed by atoms with van der Waals surface area (Å²) in [6.45, 7) is -1.17. The Morgan fingerprint density at radius 3 is 1.32 bits per heavy atom. The highest BCUT2D eigenvalue weighted by atomic mass is 32.1. The van der Waals surface area contributed by atoms with Crippen LogP contribution in [0.25, 0.3) is 0 Å². The molecule has 2 amide bonds. The molecule has 0 aromatic heterocycles. The van der Waals surface area contributed by atoms with Gasteiger partial charge in [-0.05, 0) is 37.3 Å². The zero-order valence-corrected chi connectivity index (χ0v) is 22.8. The summed E-state index contributed by atoms with van der Waals surface area (Å²) >= 11 is 10.5. The number of aliphatic hydroxyl groups is 8. The predicted molar refractivity (Wildman–Crippen MR) is 139 cm³/mol. The second-order valence-corrected chi connectivity index (χ2v) is 11.0. The minimum absolute atomic E-state index is 0.0600. The lowest BCUT2D eigenvalue weighted by molar-refractivity contribution is -0.277. The first-order chi connectivity index (χ1) is 18.9. The van der Waals surface area contributed by atoms with Gasteiger partial charge in [0.25, 0.3) is 11.8 Å². The van der Waals surface area contributed by atoms with Gasteiger partial charge in [0.2, 0.25) is 0 Å². The molecule has 4 heterocycles. The molecule has 0 saturated carbocycles. The van der Waals surface area contributed by atoms with E-state index in [-0.39, 0.29) is 23.3 Å². The molecule has 40 heavy (non-hydrogen) atoms. The van der Waals surface area contributed by atoms with Crippen molar-refractivity contribution in [2.45, 2.75) is 86.0 Å². The number of unbranched alkanes of at least 4 members (excludes halogenated alkanes) is 3. The molecule has 10 atom stereocenters. The van der Waals surface area contributed by atoms with Crippen molar-refractivity contribution >= 4 is 46.5 Å². The van der Waals surface area contributed by atoms with E-state index in [9.17, 15) is 50.4 Å². The number of ether oxygens (including phenoxy) is 2. The number of rotatable bonds is 9. The topological polar surface area (TPSA) is 245 Å². The second kappa shape index (κ2) is 11.9. The van der Waals surface area contributed by atoms with Crippen molar-refractivity contribution < 1.29 is 59.9 Å². The Morgan fingerprint density at radius 1 is 0.650 bits per heavy atom. The van der Waals surface area contributed by atoms with Crippen LogP contribution in [0.2, 0.25) is 0 Å². The molecule has 4 rings (SSSR count). The van der Waals surface area contributed by atoms with Gasteiger partial charge in [0, 0.05) is 13.1 Å². The molecule has 4 aliphatic rings. The van der Waals surface area contributed by atoms with E-state index in [4.69, 9.17) is 33.9 Å². The van der Waals surface area contributed by atoms with Crippen LogP contribution >= 0.6 is 24.4 Å². The summed E-state index contributed by atoms with van der Waals surface area (Å²) in [5, 5.41) is 86.2. The highest BCUT2D eigenvalue weighted by molar-refractivity contribution is 7.80. The van der Waals surface area contributed by atoms with Crippen molar-refractivity contribution in [3.05, 3.63) is 0 Å². The van der Waals surface area contributed by atoms with Gasteiger partial charge in [0.15, 0.2) is 33.9 Å². The number of thiocarbonyl (C=S) groups is 2. The molecule has 0 aromatic rings. The Morgan fingerprint density at radius 2 is 1.00 bits per heavy atom. The summed E-state index contributed by atoms with van der Waals surface area (Å²) < 4.78 is 9.93. The van der Waals surface area contributed by atoms with Gasteiger partial charge in [0.05, 0.1) is 13.2 Å². The highest BCUT2D eigenvalue weighted by Gasteiger charge is 2.66. The minimum Gasteiger partial charge on any atom is -0.394 e. The van der Waals surface area contributed by atoms with Crippen LogP contribution in [-0.4, -0.2) is 159 Å². The molecule has 2 spiro atoms. The number of carbonyl (C=O) groups is 2. The maximum atomic E-state index is 13.2. The summed E-state index contributed by atoms with van der Waals surface area (Å²) in [4.78, 5) is 28.8. The Labute approximate surface area is 239 Å². The molecule has 18 heteroatoms. The van der Waals surface area contributed by atoms with Gasteiger partial charge in [-0.15, -0.1) is 0 Å². The monoisotopic (exact) mass is 610 g/mol. The Bertz CT molecular complexity index is 948. The summed E-state index contributed by atoms with van der Waals surface area (Å²) in [6.07, 6.45) is -11.4. The zero-order valence-electron chi connectivity index (χ0n) is 21.2. The first kappa shape index (κ1) is 31.3. The van der Waals surface area contributed by atoms with Gasteiger partial charge in [0.1, 0.15) is 36.6 Å². The number of aliphatic hydroxyl groups excluding tert-OH is 8. The van der Waals surface area contributed by atoms with E-state index in [1.54, 1.807) is 0 Å². The van der Waals surface area contributed by atoms with Gasteiger partial charge in [-0.1, -0.05) is 12.8 Å². The van der Waals surface area contributed by atoms with Crippen LogP contribution < -0.4 is 10.6 Å². The van der Waals surface area contributed by atoms with Gasteiger partial charge in [-0.2, -0.15) is 0 Å². The summed E-state index contributed by atoms with van der Waals surface area (Å²) in [7, 11) is 0. The van der Waals surface area contributed by atoms with Crippen LogP contribution in [0.15, 0.2) is 0 Å². The third-order valence-electron chi connectivity index (χ3n) is 7.93. The molecule has 0 aliphatic carbocycles. The standard InChI is InChI=1S/C22H34N4O12S2/c27-7-9-11(29)21(13(31)15(33)37-9)17(35)25(19(39)23-21)5-3-1-2-4-6-26-18(36)22(24-20(26)40)12(30)10(8-28)38-16(34)14(22)32/h9-16,27-34H,1-8H2,(H,23,39)(H,24,40)/t9-,10-,11-,12-,13+,14+,15-,16-,21+,22+/m1/s1. The third-order valence-corrected chi connectivity index (χ3v) is 8.57. The molecule has 16 nitrogen and oxygen atoms in total. The molecular formula is C22H34N4O12S2. The van der Waals surface area contributed by atoms with E-state index in [1.807, 2.05) is 0 Å². The molecule has 4 aliphatic heterocycles. The molecule has 0 radical (unpaired) electrons. The van der Waals surface area contributed by atoms with Crippen LogP contribution in [0.3, 0.4) is 0 Å². The third kappa shape index (κ3) is 4.78. The second-order valence-electron chi connectivity index (χ2n) is 10.2. The molecule has 4 fully saturated rings. The normalized spacial score (nSPS) is 41.8. The van der Waals surface area contributed by atoms with E-state index in [0.29, 0.717) is 25.7 Å². The van der Waals surface area contributed by atoms with E-state index >= 15 is 0 Å². The van der Waals surface area contributed by atoms with Crippen molar-refractivity contribution in [3.63, 3.8) is 0 Å². The van der Waals surface area contributed by atoms with E-state index in [2.05, 4.69) is 10.6 Å². The first-order valence-electron chi connectivity index (χ1n) is 12.8. The van der Waals surface area contributed by atoms with Crippen LogP contribution in [0.4, 0.5) is 0 Å². The Balaban J connectivity index is 1.29. The van der Waals surface area contributed by atoms with Crippen molar-refractivity contribution in [3.8, 4) is 0 Å². The van der Waals surface area contributed by atoms with Crippen molar-refractivity contribution in [2.24, 2.45) is 0 Å². The fourth-order valence-electron chi connectivity index (χ4n) is 5.66. The summed E-state index contributed by atoms with van der Waals surface area (Å²) in [6, 6.07) is 0. The highest BCUT2D eigenvalue weighted by Crippen LogP contribution is 2.36. The number of amides is 2. The van der Waals surface area contributed by atoms with Crippen molar-refractivity contribution in [1.29, 1.82) is 0 Å². The van der Waals surface area contributed by atoms with Gasteiger partial charge >= 0.3 is 0 Å². The number of carbonyl (C=O) groups excluding carboxylic acids is 2. The van der Waals surface area contributed by atoms with E-state index < -0.39 is 85.3 Å². The van der Waals surface area contributed by atoms with Crippen LogP contribution in [0.5, 0.6) is 0 Å².